The minimum absolute atomic E-state index is 0.0370. The monoisotopic (exact) mass is 532 g/mol. The summed E-state index contributed by atoms with van der Waals surface area (Å²) in [5.74, 6) is 1.35. The second-order valence-corrected chi connectivity index (χ2v) is 15.2. The van der Waals surface area contributed by atoms with E-state index in [4.69, 9.17) is 4.74 Å². The number of benzene rings is 1. The lowest BCUT2D eigenvalue weighted by Gasteiger charge is -2.72. The van der Waals surface area contributed by atoms with Crippen molar-refractivity contribution >= 4 is 17.5 Å². The third-order valence-electron chi connectivity index (χ3n) is 14.0. The lowest BCUT2D eigenvalue weighted by molar-refractivity contribution is -0.225. The van der Waals surface area contributed by atoms with E-state index in [0.717, 1.165) is 38.5 Å². The molecule has 1 N–H and O–H groups in total. The Morgan fingerprint density at radius 1 is 0.821 bits per heavy atom. The third kappa shape index (κ3) is 3.42. The number of rotatable bonds is 3. The molecule has 4 saturated carbocycles. The van der Waals surface area contributed by atoms with Crippen molar-refractivity contribution in [3.8, 4) is 0 Å². The third-order valence-corrected chi connectivity index (χ3v) is 14.0. The number of carboxylic acids is 1. The van der Waals surface area contributed by atoms with Crippen molar-refractivity contribution in [3.63, 3.8) is 0 Å². The van der Waals surface area contributed by atoms with Gasteiger partial charge >= 0.3 is 11.9 Å². The predicted molar refractivity (Wildman–Crippen MR) is 154 cm³/mol. The molecule has 0 amide bonds. The van der Waals surface area contributed by atoms with Crippen molar-refractivity contribution in [2.45, 2.75) is 98.8 Å². The minimum Gasteiger partial charge on any atom is -0.481 e. The number of methoxy groups -OCH3 is 1. The molecule has 1 aromatic rings. The topological polar surface area (TPSA) is 63.6 Å². The summed E-state index contributed by atoms with van der Waals surface area (Å²) in [7, 11) is 1.43. The van der Waals surface area contributed by atoms with E-state index in [2.05, 4.69) is 52.8 Å². The molecule has 7 unspecified atom stereocenters. The number of hydrogen-bond donors (Lipinski definition) is 1. The molecule has 5 aliphatic rings. The maximum absolute atomic E-state index is 12.6. The standard InChI is InChI=1S/C35H48O4/c1-31(2)24(22-9-11-23(12-10-22)29(36)39-6)15-18-32(3)27(31)16-19-34(5)28(32)14-13-25-26-8-7-17-35(26,30(37)38)21-20-33(25,34)4/h9-12,15,25-28H,7-8,13-14,16-21H2,1-6H3,(H,37,38)/t25?,26?,27?,28?,32?,33-,34?,35?/m1/s1. The van der Waals surface area contributed by atoms with Crippen molar-refractivity contribution in [2.24, 2.45) is 50.7 Å². The van der Waals surface area contributed by atoms with Crippen LogP contribution in [0.15, 0.2) is 30.3 Å². The Labute approximate surface area is 235 Å². The SMILES string of the molecule is COC(=O)c1ccc(C2=CCC3(C)C(CCC4(C)C3CCC3C5CCCC5(C(=O)O)CC[C@]34C)C2(C)C)cc1. The van der Waals surface area contributed by atoms with Crippen LogP contribution in [0, 0.1) is 50.7 Å². The van der Waals surface area contributed by atoms with Gasteiger partial charge in [0, 0.05) is 0 Å². The van der Waals surface area contributed by atoms with Gasteiger partial charge in [0.1, 0.15) is 0 Å². The van der Waals surface area contributed by atoms with Crippen molar-refractivity contribution in [3.05, 3.63) is 41.5 Å². The molecule has 4 nitrogen and oxygen atoms in total. The van der Waals surface area contributed by atoms with Crippen molar-refractivity contribution in [1.29, 1.82) is 0 Å². The molecule has 0 radical (unpaired) electrons. The molecule has 39 heavy (non-hydrogen) atoms. The second-order valence-electron chi connectivity index (χ2n) is 15.2. The average molecular weight is 533 g/mol. The van der Waals surface area contributed by atoms with Gasteiger partial charge in [0.25, 0.3) is 0 Å². The molecule has 6 rings (SSSR count). The van der Waals surface area contributed by atoms with E-state index in [1.807, 2.05) is 12.1 Å². The maximum Gasteiger partial charge on any atom is 0.337 e. The van der Waals surface area contributed by atoms with Crippen LogP contribution in [0.3, 0.4) is 0 Å². The van der Waals surface area contributed by atoms with Crippen LogP contribution in [-0.4, -0.2) is 24.2 Å². The van der Waals surface area contributed by atoms with E-state index >= 15 is 0 Å². The molecule has 8 atom stereocenters. The second kappa shape index (κ2) is 8.70. The molecular formula is C35H48O4. The van der Waals surface area contributed by atoms with Gasteiger partial charge in [0.15, 0.2) is 0 Å². The smallest absolute Gasteiger partial charge is 0.337 e. The zero-order valence-electron chi connectivity index (χ0n) is 24.9. The van der Waals surface area contributed by atoms with Crippen LogP contribution in [-0.2, 0) is 9.53 Å². The first-order valence-electron chi connectivity index (χ1n) is 15.5. The lowest BCUT2D eigenvalue weighted by atomic mass is 9.32. The van der Waals surface area contributed by atoms with Crippen molar-refractivity contribution < 1.29 is 19.4 Å². The highest BCUT2D eigenvalue weighted by atomic mass is 16.5. The van der Waals surface area contributed by atoms with Gasteiger partial charge in [-0.2, -0.15) is 0 Å². The zero-order chi connectivity index (χ0) is 28.0. The van der Waals surface area contributed by atoms with Crippen molar-refractivity contribution in [1.82, 2.24) is 0 Å². The summed E-state index contributed by atoms with van der Waals surface area (Å²) < 4.78 is 4.91. The lowest BCUT2D eigenvalue weighted by Crippen LogP contribution is -2.65. The van der Waals surface area contributed by atoms with E-state index in [1.54, 1.807) is 0 Å². The first-order valence-corrected chi connectivity index (χ1v) is 15.5. The van der Waals surface area contributed by atoms with Gasteiger partial charge in [0.2, 0.25) is 0 Å². The molecule has 0 bridgehead atoms. The number of aliphatic carboxylic acids is 1. The molecule has 212 valence electrons. The largest absolute Gasteiger partial charge is 0.481 e. The van der Waals surface area contributed by atoms with Crippen LogP contribution in [0.5, 0.6) is 0 Å². The summed E-state index contributed by atoms with van der Waals surface area (Å²) in [6, 6.07) is 7.99. The Balaban J connectivity index is 1.34. The van der Waals surface area contributed by atoms with Crippen LogP contribution in [0.1, 0.15) is 115 Å². The van der Waals surface area contributed by atoms with E-state index in [-0.39, 0.29) is 27.6 Å². The summed E-state index contributed by atoms with van der Waals surface area (Å²) >= 11 is 0. The van der Waals surface area contributed by atoms with Crippen LogP contribution >= 0.6 is 0 Å². The van der Waals surface area contributed by atoms with Gasteiger partial charge in [-0.25, -0.2) is 4.79 Å². The molecular weight excluding hydrogens is 484 g/mol. The number of carbonyl (C=O) groups is 2. The number of fused-ring (bicyclic) bond motifs is 7. The Morgan fingerprint density at radius 2 is 1.54 bits per heavy atom. The summed E-state index contributed by atoms with van der Waals surface area (Å²) in [5, 5.41) is 10.4. The molecule has 5 aliphatic carbocycles. The predicted octanol–water partition coefficient (Wildman–Crippen LogP) is 8.41. The number of hydrogen-bond acceptors (Lipinski definition) is 3. The van der Waals surface area contributed by atoms with E-state index in [1.165, 1.54) is 43.9 Å². The van der Waals surface area contributed by atoms with Gasteiger partial charge in [0.05, 0.1) is 18.1 Å². The number of esters is 1. The van der Waals surface area contributed by atoms with Gasteiger partial charge in [-0.1, -0.05) is 59.2 Å². The highest BCUT2D eigenvalue weighted by Crippen LogP contribution is 2.77. The summed E-state index contributed by atoms with van der Waals surface area (Å²) in [5.41, 5.74) is 3.51. The van der Waals surface area contributed by atoms with E-state index in [9.17, 15) is 14.7 Å². The Morgan fingerprint density at radius 3 is 2.21 bits per heavy atom. The molecule has 4 heteroatoms. The summed E-state index contributed by atoms with van der Waals surface area (Å²) in [6.07, 6.45) is 13.6. The van der Waals surface area contributed by atoms with Crippen LogP contribution in [0.25, 0.3) is 5.57 Å². The Hall–Kier alpha value is -2.10. The number of carbonyl (C=O) groups excluding carboxylic acids is 1. The first-order chi connectivity index (χ1) is 18.3. The van der Waals surface area contributed by atoms with Crippen LogP contribution in [0.2, 0.25) is 0 Å². The van der Waals surface area contributed by atoms with Crippen molar-refractivity contribution in [2.75, 3.05) is 7.11 Å². The molecule has 0 saturated heterocycles. The van der Waals surface area contributed by atoms with Gasteiger partial charge in [-0.15, -0.1) is 0 Å². The number of ether oxygens (including phenoxy) is 1. The molecule has 1 aromatic carbocycles. The quantitative estimate of drug-likeness (QED) is 0.397. The molecule has 0 aromatic heterocycles. The molecule has 0 aliphatic heterocycles. The number of allylic oxidation sites excluding steroid dienone is 2. The normalized spacial score (nSPS) is 44.2. The zero-order valence-corrected chi connectivity index (χ0v) is 24.9. The average Bonchev–Trinajstić information content (AvgIpc) is 3.34. The Bertz CT molecular complexity index is 1210. The maximum atomic E-state index is 12.6. The van der Waals surface area contributed by atoms with Crippen LogP contribution in [0.4, 0.5) is 0 Å². The fraction of sp³-hybridized carbons (Fsp3) is 0.714. The minimum atomic E-state index is -0.513. The van der Waals surface area contributed by atoms with E-state index in [0.29, 0.717) is 29.2 Å². The van der Waals surface area contributed by atoms with Gasteiger partial charge in [-0.05, 0) is 126 Å². The summed E-state index contributed by atoms with van der Waals surface area (Å²) in [6.45, 7) is 12.7. The molecule has 0 heterocycles. The van der Waals surface area contributed by atoms with E-state index < -0.39 is 11.4 Å². The van der Waals surface area contributed by atoms with Crippen LogP contribution < -0.4 is 0 Å². The summed E-state index contributed by atoms with van der Waals surface area (Å²) in [4.78, 5) is 24.6. The number of carboxylic acid groups (broad SMARTS) is 1. The fourth-order valence-electron chi connectivity index (χ4n) is 11.9. The first kappa shape index (κ1) is 27.1. The highest BCUT2D eigenvalue weighted by molar-refractivity contribution is 5.90. The fourth-order valence-corrected chi connectivity index (χ4v) is 11.9. The van der Waals surface area contributed by atoms with Gasteiger partial charge < -0.3 is 9.84 Å². The highest BCUT2D eigenvalue weighted by Gasteiger charge is 2.70. The molecule has 4 fully saturated rings. The van der Waals surface area contributed by atoms with Gasteiger partial charge in [-0.3, -0.25) is 4.79 Å². The Kier molecular flexibility index (Phi) is 6.04. The molecule has 0 spiro atoms.